The van der Waals surface area contributed by atoms with Gasteiger partial charge in [0.25, 0.3) is 5.56 Å². The number of fused-ring (bicyclic) bond motifs is 1. The zero-order chi connectivity index (χ0) is 12.5. The molecule has 3 rings (SSSR count). The largest absolute Gasteiger partial charge is 0.453 e. The van der Waals surface area contributed by atoms with Gasteiger partial charge < -0.3 is 9.40 Å². The molecule has 0 amide bonds. The van der Waals surface area contributed by atoms with Crippen molar-refractivity contribution in [3.8, 4) is 11.6 Å². The molecule has 1 N–H and O–H groups in total. The molecule has 0 saturated heterocycles. The van der Waals surface area contributed by atoms with E-state index in [0.29, 0.717) is 11.6 Å². The molecule has 0 aliphatic carbocycles. The fourth-order valence-corrected chi connectivity index (χ4v) is 1.90. The highest BCUT2D eigenvalue weighted by atomic mass is 16.3. The quantitative estimate of drug-likeness (QED) is 0.749. The predicted molar refractivity (Wildman–Crippen MR) is 69.4 cm³/mol. The molecule has 0 spiro atoms. The average Bonchev–Trinajstić information content (AvgIpc) is 2.81. The molecule has 0 aliphatic rings. The summed E-state index contributed by atoms with van der Waals surface area (Å²) >= 11 is 0. The van der Waals surface area contributed by atoms with Crippen LogP contribution in [0.3, 0.4) is 0 Å². The highest BCUT2D eigenvalue weighted by molar-refractivity contribution is 5.81. The average molecular weight is 240 g/mol. The van der Waals surface area contributed by atoms with E-state index in [0.717, 1.165) is 23.1 Å². The number of nitrogens with zero attached hydrogens (tertiary/aromatic N) is 1. The third kappa shape index (κ3) is 1.82. The lowest BCUT2D eigenvalue weighted by Gasteiger charge is -1.98. The van der Waals surface area contributed by atoms with E-state index in [1.54, 1.807) is 0 Å². The summed E-state index contributed by atoms with van der Waals surface area (Å²) in [6.45, 7) is 1.96. The van der Waals surface area contributed by atoms with Crippen molar-refractivity contribution in [2.45, 2.75) is 13.3 Å². The molecule has 0 radical (unpaired) electrons. The molecular formula is C14H12N2O2. The molecule has 0 fully saturated rings. The molecule has 2 aromatic heterocycles. The van der Waals surface area contributed by atoms with E-state index in [1.807, 2.05) is 37.3 Å². The number of rotatable bonds is 2. The van der Waals surface area contributed by atoms with Gasteiger partial charge in [-0.3, -0.25) is 4.79 Å². The highest BCUT2D eigenvalue weighted by Crippen LogP contribution is 2.24. The third-order valence-electron chi connectivity index (χ3n) is 2.82. The van der Waals surface area contributed by atoms with Gasteiger partial charge in [0.2, 0.25) is 0 Å². The first-order chi connectivity index (χ1) is 8.76. The maximum absolute atomic E-state index is 11.5. The van der Waals surface area contributed by atoms with Gasteiger partial charge in [0.15, 0.2) is 11.6 Å². The van der Waals surface area contributed by atoms with E-state index in [-0.39, 0.29) is 5.56 Å². The zero-order valence-electron chi connectivity index (χ0n) is 9.93. The van der Waals surface area contributed by atoms with Crippen molar-refractivity contribution in [1.29, 1.82) is 0 Å². The third-order valence-corrected chi connectivity index (χ3v) is 2.82. The number of hydrogen-bond donors (Lipinski definition) is 1. The smallest absolute Gasteiger partial charge is 0.251 e. The molecule has 0 saturated carbocycles. The van der Waals surface area contributed by atoms with Crippen molar-refractivity contribution in [2.24, 2.45) is 0 Å². The molecule has 4 heteroatoms. The van der Waals surface area contributed by atoms with Crippen LogP contribution in [0, 0.1) is 0 Å². The van der Waals surface area contributed by atoms with E-state index in [9.17, 15) is 4.79 Å². The topological polar surface area (TPSA) is 58.9 Å². The number of para-hydroxylation sites is 1. The number of aromatic nitrogens is 2. The maximum atomic E-state index is 11.5. The number of nitrogens with one attached hydrogen (secondary N) is 1. The normalized spacial score (nSPS) is 10.9. The molecule has 0 atom stereocenters. The lowest BCUT2D eigenvalue weighted by molar-refractivity contribution is 0.624. The van der Waals surface area contributed by atoms with Crippen LogP contribution < -0.4 is 5.56 Å². The number of H-pyrrole nitrogens is 1. The fraction of sp³-hybridized carbons (Fsp3) is 0.143. The SMILES string of the molecule is CCc1cc(=O)[nH]c(-c2cc3ccccc3o2)n1. The van der Waals surface area contributed by atoms with Gasteiger partial charge in [-0.1, -0.05) is 25.1 Å². The predicted octanol–water partition coefficient (Wildman–Crippen LogP) is 2.75. The molecule has 3 aromatic rings. The molecular weight excluding hydrogens is 228 g/mol. The Morgan fingerprint density at radius 2 is 2.11 bits per heavy atom. The van der Waals surface area contributed by atoms with E-state index in [2.05, 4.69) is 9.97 Å². The Morgan fingerprint density at radius 3 is 2.89 bits per heavy atom. The summed E-state index contributed by atoms with van der Waals surface area (Å²) in [6, 6.07) is 11.1. The number of aryl methyl sites for hydroxylation is 1. The van der Waals surface area contributed by atoms with Gasteiger partial charge >= 0.3 is 0 Å². The Bertz CT molecular complexity index is 723. The summed E-state index contributed by atoms with van der Waals surface area (Å²) in [4.78, 5) is 18.6. The van der Waals surface area contributed by atoms with Crippen LogP contribution in [0.2, 0.25) is 0 Å². The molecule has 2 heterocycles. The minimum atomic E-state index is -0.155. The van der Waals surface area contributed by atoms with Gasteiger partial charge in [-0.05, 0) is 18.6 Å². The second kappa shape index (κ2) is 4.14. The van der Waals surface area contributed by atoms with E-state index in [4.69, 9.17) is 4.42 Å². The van der Waals surface area contributed by atoms with Gasteiger partial charge in [-0.25, -0.2) is 4.98 Å². The first-order valence-corrected chi connectivity index (χ1v) is 5.85. The number of hydrogen-bond acceptors (Lipinski definition) is 3. The summed E-state index contributed by atoms with van der Waals surface area (Å²) in [5.74, 6) is 1.07. The lowest BCUT2D eigenvalue weighted by atomic mass is 10.2. The molecule has 4 nitrogen and oxygen atoms in total. The van der Waals surface area contributed by atoms with Crippen molar-refractivity contribution in [3.63, 3.8) is 0 Å². The highest BCUT2D eigenvalue weighted by Gasteiger charge is 2.09. The minimum Gasteiger partial charge on any atom is -0.453 e. The first-order valence-electron chi connectivity index (χ1n) is 5.85. The van der Waals surface area contributed by atoms with Crippen LogP contribution in [-0.2, 0) is 6.42 Å². The maximum Gasteiger partial charge on any atom is 0.251 e. The van der Waals surface area contributed by atoms with Crippen LogP contribution in [0.1, 0.15) is 12.6 Å². The van der Waals surface area contributed by atoms with E-state index < -0.39 is 0 Å². The Balaban J connectivity index is 2.19. The minimum absolute atomic E-state index is 0.155. The number of furan rings is 1. The van der Waals surface area contributed by atoms with Crippen LogP contribution in [0.15, 0.2) is 45.6 Å². The van der Waals surface area contributed by atoms with Crippen molar-refractivity contribution in [2.75, 3.05) is 0 Å². The van der Waals surface area contributed by atoms with Crippen LogP contribution in [0.25, 0.3) is 22.6 Å². The summed E-state index contributed by atoms with van der Waals surface area (Å²) in [6.07, 6.45) is 0.719. The molecule has 1 aromatic carbocycles. The van der Waals surface area contributed by atoms with Crippen molar-refractivity contribution in [3.05, 3.63) is 52.4 Å². The monoisotopic (exact) mass is 240 g/mol. The molecule has 0 bridgehead atoms. The van der Waals surface area contributed by atoms with Gasteiger partial charge in [0, 0.05) is 17.1 Å². The lowest BCUT2D eigenvalue weighted by Crippen LogP contribution is -2.09. The van der Waals surface area contributed by atoms with Gasteiger partial charge in [-0.15, -0.1) is 0 Å². The molecule has 18 heavy (non-hydrogen) atoms. The first kappa shape index (κ1) is 10.8. The number of aromatic amines is 1. The summed E-state index contributed by atoms with van der Waals surface area (Å²) in [7, 11) is 0. The van der Waals surface area contributed by atoms with E-state index in [1.165, 1.54) is 6.07 Å². The molecule has 0 aliphatic heterocycles. The van der Waals surface area contributed by atoms with Crippen molar-refractivity contribution >= 4 is 11.0 Å². The Kier molecular flexibility index (Phi) is 2.48. The Morgan fingerprint density at radius 1 is 1.28 bits per heavy atom. The Hall–Kier alpha value is -2.36. The van der Waals surface area contributed by atoms with Crippen LogP contribution >= 0.6 is 0 Å². The van der Waals surface area contributed by atoms with Crippen molar-refractivity contribution < 1.29 is 4.42 Å². The molecule has 90 valence electrons. The van der Waals surface area contributed by atoms with Crippen LogP contribution in [0.4, 0.5) is 0 Å². The Labute approximate surface area is 103 Å². The number of benzene rings is 1. The molecule has 0 unspecified atom stereocenters. The van der Waals surface area contributed by atoms with Gasteiger partial charge in [0.1, 0.15) is 5.58 Å². The second-order valence-corrected chi connectivity index (χ2v) is 4.09. The summed E-state index contributed by atoms with van der Waals surface area (Å²) in [5.41, 5.74) is 1.39. The summed E-state index contributed by atoms with van der Waals surface area (Å²) < 4.78 is 5.68. The standard InChI is InChI=1S/C14H12N2O2/c1-2-10-8-13(17)16-14(15-10)12-7-9-5-3-4-6-11(9)18-12/h3-8H,2H2,1H3,(H,15,16,17). The summed E-state index contributed by atoms with van der Waals surface area (Å²) in [5, 5.41) is 0.997. The van der Waals surface area contributed by atoms with Crippen LogP contribution in [-0.4, -0.2) is 9.97 Å². The van der Waals surface area contributed by atoms with Gasteiger partial charge in [-0.2, -0.15) is 0 Å². The van der Waals surface area contributed by atoms with Crippen molar-refractivity contribution in [1.82, 2.24) is 9.97 Å². The fourth-order valence-electron chi connectivity index (χ4n) is 1.90. The second-order valence-electron chi connectivity index (χ2n) is 4.09. The zero-order valence-corrected chi connectivity index (χ0v) is 9.93. The van der Waals surface area contributed by atoms with Gasteiger partial charge in [0.05, 0.1) is 0 Å². The van der Waals surface area contributed by atoms with Crippen LogP contribution in [0.5, 0.6) is 0 Å². The van der Waals surface area contributed by atoms with E-state index >= 15 is 0 Å².